The standard InChI is InChI=1S/C18H22FN3O3/c1-11(2)8-12-9-16(22(3)21-12)18(25)20-15(10-17(23)24)13-6-4-5-7-14(13)19/h4-7,9,11,15H,8,10H2,1-3H3,(H,20,25)(H,23,24)/t15-/m0/s1. The van der Waals surface area contributed by atoms with Crippen molar-refractivity contribution in [1.29, 1.82) is 0 Å². The molecular formula is C18H22FN3O3. The summed E-state index contributed by atoms with van der Waals surface area (Å²) in [4.78, 5) is 23.7. The normalized spacial score (nSPS) is 12.2. The molecule has 1 amide bonds. The first-order valence-electron chi connectivity index (χ1n) is 8.08. The first-order valence-corrected chi connectivity index (χ1v) is 8.08. The maximum atomic E-state index is 14.0. The van der Waals surface area contributed by atoms with Crippen molar-refractivity contribution in [2.75, 3.05) is 0 Å². The number of carboxylic acid groups (broad SMARTS) is 1. The minimum atomic E-state index is -1.13. The zero-order valence-corrected chi connectivity index (χ0v) is 14.5. The Labute approximate surface area is 145 Å². The maximum absolute atomic E-state index is 14.0. The highest BCUT2D eigenvalue weighted by Gasteiger charge is 2.23. The van der Waals surface area contributed by atoms with Crippen LogP contribution < -0.4 is 5.32 Å². The molecule has 0 spiro atoms. The number of halogens is 1. The lowest BCUT2D eigenvalue weighted by Crippen LogP contribution is -2.32. The molecule has 1 aromatic carbocycles. The molecule has 2 aromatic rings. The molecule has 1 atom stereocenters. The fourth-order valence-electron chi connectivity index (χ4n) is 2.66. The zero-order chi connectivity index (χ0) is 18.6. The van der Waals surface area contributed by atoms with Gasteiger partial charge >= 0.3 is 5.97 Å². The highest BCUT2D eigenvalue weighted by atomic mass is 19.1. The number of aromatic nitrogens is 2. The number of hydrogen-bond acceptors (Lipinski definition) is 3. The van der Waals surface area contributed by atoms with Crippen molar-refractivity contribution < 1.29 is 19.1 Å². The molecule has 2 N–H and O–H groups in total. The van der Waals surface area contributed by atoms with E-state index in [1.807, 2.05) is 0 Å². The Morgan fingerprint density at radius 1 is 1.32 bits per heavy atom. The van der Waals surface area contributed by atoms with Gasteiger partial charge in [0.1, 0.15) is 11.5 Å². The van der Waals surface area contributed by atoms with Gasteiger partial charge in [-0.25, -0.2) is 4.39 Å². The highest BCUT2D eigenvalue weighted by Crippen LogP contribution is 2.21. The van der Waals surface area contributed by atoms with E-state index in [1.165, 1.54) is 22.9 Å². The van der Waals surface area contributed by atoms with Crippen LogP contribution in [0, 0.1) is 11.7 Å². The maximum Gasteiger partial charge on any atom is 0.305 e. The predicted octanol–water partition coefficient (Wildman–Crippen LogP) is 2.70. The SMILES string of the molecule is CC(C)Cc1cc(C(=O)N[C@@H](CC(=O)O)c2ccccc2F)n(C)n1. The third kappa shape index (κ3) is 4.89. The van der Waals surface area contributed by atoms with Crippen molar-refractivity contribution in [1.82, 2.24) is 15.1 Å². The van der Waals surface area contributed by atoms with Gasteiger partial charge in [0.2, 0.25) is 0 Å². The number of rotatable bonds is 7. The number of aryl methyl sites for hydroxylation is 1. The van der Waals surface area contributed by atoms with Gasteiger partial charge < -0.3 is 10.4 Å². The van der Waals surface area contributed by atoms with Gasteiger partial charge in [-0.05, 0) is 24.5 Å². The van der Waals surface area contributed by atoms with Crippen LogP contribution in [0.3, 0.4) is 0 Å². The first-order chi connectivity index (χ1) is 11.8. The van der Waals surface area contributed by atoms with Crippen molar-refractivity contribution in [3.05, 3.63) is 53.1 Å². The van der Waals surface area contributed by atoms with E-state index in [1.54, 1.807) is 19.2 Å². The number of amides is 1. The quantitative estimate of drug-likeness (QED) is 0.806. The van der Waals surface area contributed by atoms with E-state index in [2.05, 4.69) is 24.3 Å². The molecule has 0 aliphatic carbocycles. The van der Waals surface area contributed by atoms with Crippen LogP contribution in [-0.2, 0) is 18.3 Å². The Bertz CT molecular complexity index is 771. The molecule has 134 valence electrons. The Morgan fingerprint density at radius 3 is 2.60 bits per heavy atom. The largest absolute Gasteiger partial charge is 0.481 e. The summed E-state index contributed by atoms with van der Waals surface area (Å²) < 4.78 is 15.5. The molecule has 0 saturated carbocycles. The van der Waals surface area contributed by atoms with Crippen LogP contribution in [0.4, 0.5) is 4.39 Å². The van der Waals surface area contributed by atoms with Crippen LogP contribution in [0.25, 0.3) is 0 Å². The number of hydrogen-bond donors (Lipinski definition) is 2. The first kappa shape index (κ1) is 18.6. The summed E-state index contributed by atoms with van der Waals surface area (Å²) in [6, 6.07) is 6.53. The molecule has 0 saturated heterocycles. The summed E-state index contributed by atoms with van der Waals surface area (Å²) in [5.41, 5.74) is 1.23. The molecule has 6 nitrogen and oxygen atoms in total. The van der Waals surface area contributed by atoms with Gasteiger partial charge in [0.15, 0.2) is 0 Å². The van der Waals surface area contributed by atoms with Crippen molar-refractivity contribution in [3.8, 4) is 0 Å². The Hall–Kier alpha value is -2.70. The fourth-order valence-corrected chi connectivity index (χ4v) is 2.66. The zero-order valence-electron chi connectivity index (χ0n) is 14.5. The number of carboxylic acids is 1. The molecule has 1 aromatic heterocycles. The fraction of sp³-hybridized carbons (Fsp3) is 0.389. The number of carbonyl (C=O) groups is 2. The molecule has 7 heteroatoms. The summed E-state index contributed by atoms with van der Waals surface area (Å²) >= 11 is 0. The Kier molecular flexibility index (Phi) is 5.90. The second-order valence-corrected chi connectivity index (χ2v) is 6.39. The Morgan fingerprint density at radius 2 is 2.00 bits per heavy atom. The van der Waals surface area contributed by atoms with E-state index >= 15 is 0 Å². The second-order valence-electron chi connectivity index (χ2n) is 6.39. The van der Waals surface area contributed by atoms with Gasteiger partial charge in [-0.3, -0.25) is 14.3 Å². The number of benzene rings is 1. The summed E-state index contributed by atoms with van der Waals surface area (Å²) in [5, 5.41) is 16.0. The van der Waals surface area contributed by atoms with Crippen molar-refractivity contribution in [2.45, 2.75) is 32.7 Å². The molecule has 0 fully saturated rings. The minimum absolute atomic E-state index is 0.142. The van der Waals surface area contributed by atoms with Crippen LogP contribution in [0.15, 0.2) is 30.3 Å². The van der Waals surface area contributed by atoms with E-state index in [0.717, 1.165) is 12.1 Å². The third-order valence-corrected chi connectivity index (χ3v) is 3.75. The van der Waals surface area contributed by atoms with Crippen molar-refractivity contribution >= 4 is 11.9 Å². The lowest BCUT2D eigenvalue weighted by molar-refractivity contribution is -0.137. The topological polar surface area (TPSA) is 84.2 Å². The summed E-state index contributed by atoms with van der Waals surface area (Å²) in [6.07, 6.45) is 0.316. The Balaban J connectivity index is 2.24. The van der Waals surface area contributed by atoms with E-state index in [9.17, 15) is 14.0 Å². The minimum Gasteiger partial charge on any atom is -0.481 e. The second kappa shape index (κ2) is 7.92. The number of nitrogens with one attached hydrogen (secondary N) is 1. The van der Waals surface area contributed by atoms with Crippen molar-refractivity contribution in [2.24, 2.45) is 13.0 Å². The highest BCUT2D eigenvalue weighted by molar-refractivity contribution is 5.93. The van der Waals surface area contributed by atoms with Gasteiger partial charge in [-0.2, -0.15) is 5.10 Å². The molecule has 0 radical (unpaired) electrons. The number of aliphatic carboxylic acids is 1. The summed E-state index contributed by atoms with van der Waals surface area (Å²) in [5.74, 6) is -1.78. The van der Waals surface area contributed by atoms with Crippen LogP contribution in [0.5, 0.6) is 0 Å². The smallest absolute Gasteiger partial charge is 0.305 e. The molecule has 2 rings (SSSR count). The van der Waals surface area contributed by atoms with E-state index < -0.39 is 30.2 Å². The van der Waals surface area contributed by atoms with E-state index in [0.29, 0.717) is 11.6 Å². The number of carbonyl (C=O) groups excluding carboxylic acids is 1. The van der Waals surface area contributed by atoms with Gasteiger partial charge in [0.05, 0.1) is 18.2 Å². The molecule has 0 bridgehead atoms. The molecule has 0 unspecified atom stereocenters. The van der Waals surface area contributed by atoms with Gasteiger partial charge in [-0.1, -0.05) is 32.0 Å². The third-order valence-electron chi connectivity index (χ3n) is 3.75. The summed E-state index contributed by atoms with van der Waals surface area (Å²) in [6.45, 7) is 4.10. The molecule has 1 heterocycles. The predicted molar refractivity (Wildman–Crippen MR) is 90.6 cm³/mol. The van der Waals surface area contributed by atoms with Crippen LogP contribution in [0.2, 0.25) is 0 Å². The van der Waals surface area contributed by atoms with Gasteiger partial charge in [0, 0.05) is 12.6 Å². The van der Waals surface area contributed by atoms with Crippen LogP contribution in [0.1, 0.15) is 48.1 Å². The average Bonchev–Trinajstić information content (AvgIpc) is 2.86. The monoisotopic (exact) mass is 347 g/mol. The van der Waals surface area contributed by atoms with Crippen LogP contribution in [-0.4, -0.2) is 26.8 Å². The van der Waals surface area contributed by atoms with Crippen molar-refractivity contribution in [3.63, 3.8) is 0 Å². The summed E-state index contributed by atoms with van der Waals surface area (Å²) in [7, 11) is 1.65. The van der Waals surface area contributed by atoms with Crippen LogP contribution >= 0.6 is 0 Å². The molecule has 0 aliphatic rings. The van der Waals surface area contributed by atoms with Gasteiger partial charge in [0.25, 0.3) is 5.91 Å². The molecule has 25 heavy (non-hydrogen) atoms. The molecular weight excluding hydrogens is 325 g/mol. The lowest BCUT2D eigenvalue weighted by atomic mass is 10.0. The van der Waals surface area contributed by atoms with Gasteiger partial charge in [-0.15, -0.1) is 0 Å². The lowest BCUT2D eigenvalue weighted by Gasteiger charge is -2.18. The molecule has 0 aliphatic heterocycles. The van der Waals surface area contributed by atoms with E-state index in [4.69, 9.17) is 5.11 Å². The average molecular weight is 347 g/mol. The number of nitrogens with zero attached hydrogens (tertiary/aromatic N) is 2. The van der Waals surface area contributed by atoms with E-state index in [-0.39, 0.29) is 5.56 Å².